The first-order valence-corrected chi connectivity index (χ1v) is 7.55. The molecule has 0 amide bonds. The summed E-state index contributed by atoms with van der Waals surface area (Å²) >= 11 is 0. The molecule has 0 fully saturated rings. The third kappa shape index (κ3) is 12.2. The van der Waals surface area contributed by atoms with E-state index in [-0.39, 0.29) is 0 Å². The van der Waals surface area contributed by atoms with Gasteiger partial charge in [0.1, 0.15) is 0 Å². The van der Waals surface area contributed by atoms with Crippen molar-refractivity contribution in [2.45, 2.75) is 84.2 Å². The third-order valence-corrected chi connectivity index (χ3v) is 3.25. The van der Waals surface area contributed by atoms with Crippen LogP contribution < -0.4 is 5.32 Å². The average Bonchev–Trinajstić information content (AvgIpc) is 2.27. The van der Waals surface area contributed by atoms with E-state index >= 15 is 0 Å². The number of hydrogen-bond donors (Lipinski definition) is 2. The van der Waals surface area contributed by atoms with Crippen LogP contribution in [-0.2, 0) is 0 Å². The standard InChI is InChI=1S/C15H33NO/c1-4-6-7-8-9-10-11-13-16-14-15(3,17)12-5-2/h16-17H,4-14H2,1-3H3. The smallest absolute Gasteiger partial charge is 0.0743 e. The quantitative estimate of drug-likeness (QED) is 0.510. The van der Waals surface area contributed by atoms with Crippen LogP contribution in [-0.4, -0.2) is 23.8 Å². The highest BCUT2D eigenvalue weighted by Gasteiger charge is 2.17. The van der Waals surface area contributed by atoms with Crippen molar-refractivity contribution < 1.29 is 5.11 Å². The predicted molar refractivity (Wildman–Crippen MR) is 76.4 cm³/mol. The molecule has 0 aliphatic rings. The molecule has 0 aromatic rings. The first-order chi connectivity index (χ1) is 8.12. The molecular formula is C15H33NO. The summed E-state index contributed by atoms with van der Waals surface area (Å²) in [6.45, 7) is 8.08. The molecule has 0 aliphatic carbocycles. The zero-order chi connectivity index (χ0) is 13.0. The lowest BCUT2D eigenvalue weighted by Gasteiger charge is -2.23. The number of hydrogen-bond acceptors (Lipinski definition) is 2. The molecule has 0 rings (SSSR count). The van der Waals surface area contributed by atoms with Crippen molar-refractivity contribution in [3.63, 3.8) is 0 Å². The summed E-state index contributed by atoms with van der Waals surface area (Å²) in [5, 5.41) is 13.3. The molecule has 0 spiro atoms. The van der Waals surface area contributed by atoms with E-state index in [0.29, 0.717) is 0 Å². The van der Waals surface area contributed by atoms with Gasteiger partial charge in [-0.15, -0.1) is 0 Å². The van der Waals surface area contributed by atoms with Crippen LogP contribution in [0.1, 0.15) is 78.6 Å². The van der Waals surface area contributed by atoms with Crippen molar-refractivity contribution in [2.24, 2.45) is 0 Å². The molecule has 17 heavy (non-hydrogen) atoms. The molecule has 2 nitrogen and oxygen atoms in total. The second-order valence-corrected chi connectivity index (χ2v) is 5.55. The van der Waals surface area contributed by atoms with Gasteiger partial charge in [-0.1, -0.05) is 58.8 Å². The van der Waals surface area contributed by atoms with Crippen molar-refractivity contribution in [1.29, 1.82) is 0 Å². The van der Waals surface area contributed by atoms with E-state index in [4.69, 9.17) is 0 Å². The van der Waals surface area contributed by atoms with Gasteiger partial charge in [0.15, 0.2) is 0 Å². The highest BCUT2D eigenvalue weighted by Crippen LogP contribution is 2.10. The number of nitrogens with one attached hydrogen (secondary N) is 1. The lowest BCUT2D eigenvalue weighted by molar-refractivity contribution is 0.0502. The average molecular weight is 243 g/mol. The molecule has 0 heterocycles. The third-order valence-electron chi connectivity index (χ3n) is 3.25. The second kappa shape index (κ2) is 11.0. The SMILES string of the molecule is CCCCCCCCCNCC(C)(O)CCC. The number of unbranched alkanes of at least 4 members (excludes halogenated alkanes) is 6. The number of aliphatic hydroxyl groups is 1. The predicted octanol–water partition coefficient (Wildman–Crippen LogP) is 3.88. The van der Waals surface area contributed by atoms with Gasteiger partial charge >= 0.3 is 0 Å². The molecule has 0 saturated carbocycles. The highest BCUT2D eigenvalue weighted by atomic mass is 16.3. The molecule has 0 bridgehead atoms. The summed E-state index contributed by atoms with van der Waals surface area (Å²) in [4.78, 5) is 0. The Kier molecular flexibility index (Phi) is 11.0. The molecule has 0 aliphatic heterocycles. The molecular weight excluding hydrogens is 210 g/mol. The summed E-state index contributed by atoms with van der Waals surface area (Å²) in [5.74, 6) is 0. The van der Waals surface area contributed by atoms with Gasteiger partial charge in [0.2, 0.25) is 0 Å². The second-order valence-electron chi connectivity index (χ2n) is 5.55. The van der Waals surface area contributed by atoms with Gasteiger partial charge in [-0.05, 0) is 26.3 Å². The minimum absolute atomic E-state index is 0.518. The molecule has 0 saturated heterocycles. The van der Waals surface area contributed by atoms with Gasteiger partial charge in [-0.25, -0.2) is 0 Å². The molecule has 2 N–H and O–H groups in total. The molecule has 0 radical (unpaired) electrons. The Morgan fingerprint density at radius 3 is 2.06 bits per heavy atom. The van der Waals surface area contributed by atoms with Crippen LogP contribution in [0.4, 0.5) is 0 Å². The highest BCUT2D eigenvalue weighted by molar-refractivity contribution is 4.74. The minimum Gasteiger partial charge on any atom is -0.389 e. The fraction of sp³-hybridized carbons (Fsp3) is 1.00. The normalized spacial score (nSPS) is 14.8. The fourth-order valence-corrected chi connectivity index (χ4v) is 2.19. The zero-order valence-electron chi connectivity index (χ0n) is 12.2. The van der Waals surface area contributed by atoms with Crippen molar-refractivity contribution in [3.05, 3.63) is 0 Å². The van der Waals surface area contributed by atoms with Crippen LogP contribution in [0.5, 0.6) is 0 Å². The maximum Gasteiger partial charge on any atom is 0.0743 e. The topological polar surface area (TPSA) is 32.3 Å². The summed E-state index contributed by atoms with van der Waals surface area (Å²) in [5.41, 5.74) is -0.518. The summed E-state index contributed by atoms with van der Waals surface area (Å²) in [7, 11) is 0. The van der Waals surface area contributed by atoms with E-state index in [1.54, 1.807) is 0 Å². The molecule has 0 aromatic heterocycles. The van der Waals surface area contributed by atoms with Crippen molar-refractivity contribution in [3.8, 4) is 0 Å². The Balaban J connectivity index is 3.18. The maximum atomic E-state index is 9.95. The molecule has 1 atom stereocenters. The molecule has 104 valence electrons. The maximum absolute atomic E-state index is 9.95. The van der Waals surface area contributed by atoms with E-state index < -0.39 is 5.60 Å². The van der Waals surface area contributed by atoms with Gasteiger partial charge in [0, 0.05) is 6.54 Å². The minimum atomic E-state index is -0.518. The van der Waals surface area contributed by atoms with Gasteiger partial charge in [0.05, 0.1) is 5.60 Å². The Hall–Kier alpha value is -0.0800. The fourth-order valence-electron chi connectivity index (χ4n) is 2.19. The van der Waals surface area contributed by atoms with E-state index in [9.17, 15) is 5.11 Å². The Morgan fingerprint density at radius 2 is 1.47 bits per heavy atom. The van der Waals surface area contributed by atoms with Gasteiger partial charge in [-0.2, -0.15) is 0 Å². The van der Waals surface area contributed by atoms with E-state index in [2.05, 4.69) is 19.2 Å². The molecule has 1 unspecified atom stereocenters. The van der Waals surface area contributed by atoms with Crippen molar-refractivity contribution in [1.82, 2.24) is 5.32 Å². The summed E-state index contributed by atoms with van der Waals surface area (Å²) in [6.07, 6.45) is 11.4. The molecule has 2 heteroatoms. The lowest BCUT2D eigenvalue weighted by atomic mass is 10.0. The van der Waals surface area contributed by atoms with Crippen molar-refractivity contribution >= 4 is 0 Å². The van der Waals surface area contributed by atoms with Gasteiger partial charge < -0.3 is 10.4 Å². The van der Waals surface area contributed by atoms with Crippen molar-refractivity contribution in [2.75, 3.05) is 13.1 Å². The summed E-state index contributed by atoms with van der Waals surface area (Å²) in [6, 6.07) is 0. The van der Waals surface area contributed by atoms with Crippen LogP contribution in [0.15, 0.2) is 0 Å². The van der Waals surface area contributed by atoms with Crippen LogP contribution >= 0.6 is 0 Å². The van der Waals surface area contributed by atoms with Crippen LogP contribution in [0.25, 0.3) is 0 Å². The molecule has 0 aromatic carbocycles. The first-order valence-electron chi connectivity index (χ1n) is 7.55. The van der Waals surface area contributed by atoms with E-state index in [1.165, 1.54) is 44.9 Å². The van der Waals surface area contributed by atoms with Gasteiger partial charge in [0.25, 0.3) is 0 Å². The zero-order valence-corrected chi connectivity index (χ0v) is 12.2. The van der Waals surface area contributed by atoms with E-state index in [0.717, 1.165) is 25.9 Å². The Labute approximate surface area is 108 Å². The number of rotatable bonds is 12. The summed E-state index contributed by atoms with van der Waals surface area (Å²) < 4.78 is 0. The van der Waals surface area contributed by atoms with Crippen LogP contribution in [0, 0.1) is 0 Å². The Morgan fingerprint density at radius 1 is 0.882 bits per heavy atom. The Bertz CT molecular complexity index is 157. The van der Waals surface area contributed by atoms with Gasteiger partial charge in [-0.3, -0.25) is 0 Å². The lowest BCUT2D eigenvalue weighted by Crippen LogP contribution is -2.37. The van der Waals surface area contributed by atoms with Crippen LogP contribution in [0.3, 0.4) is 0 Å². The van der Waals surface area contributed by atoms with E-state index in [1.807, 2.05) is 6.92 Å². The van der Waals surface area contributed by atoms with Crippen LogP contribution in [0.2, 0.25) is 0 Å². The first kappa shape index (κ1) is 16.9. The monoisotopic (exact) mass is 243 g/mol. The largest absolute Gasteiger partial charge is 0.389 e.